The fraction of sp³-hybridized carbons (Fsp3) is 0.588. The molecule has 2 aromatic rings. The first kappa shape index (κ1) is 15.3. The Morgan fingerprint density at radius 3 is 2.95 bits per heavy atom. The van der Waals surface area contributed by atoms with Gasteiger partial charge in [0.05, 0.1) is 0 Å². The Hall–Kier alpha value is -1.59. The van der Waals surface area contributed by atoms with Crippen molar-refractivity contribution in [3.63, 3.8) is 0 Å². The molecule has 0 aromatic carbocycles. The van der Waals surface area contributed by atoms with Crippen molar-refractivity contribution >= 4 is 16.9 Å². The van der Waals surface area contributed by atoms with Crippen LogP contribution in [0.3, 0.4) is 0 Å². The first-order valence-corrected chi connectivity index (χ1v) is 8.21. The summed E-state index contributed by atoms with van der Waals surface area (Å²) < 4.78 is 0. The molecule has 0 aliphatic carbocycles. The Balaban J connectivity index is 1.75. The van der Waals surface area contributed by atoms with E-state index in [2.05, 4.69) is 40.8 Å². The molecule has 3 rings (SSSR count). The van der Waals surface area contributed by atoms with Crippen LogP contribution >= 0.6 is 0 Å². The summed E-state index contributed by atoms with van der Waals surface area (Å²) in [6.45, 7) is 8.82. The molecule has 0 radical (unpaired) electrons. The van der Waals surface area contributed by atoms with Crippen molar-refractivity contribution in [1.82, 2.24) is 14.9 Å². The van der Waals surface area contributed by atoms with Gasteiger partial charge in [-0.25, -0.2) is 4.98 Å². The molecule has 22 heavy (non-hydrogen) atoms. The maximum Gasteiger partial charge on any atom is 0.139 e. The highest BCUT2D eigenvalue weighted by molar-refractivity contribution is 5.77. The largest absolute Gasteiger partial charge is 0.396 e. The summed E-state index contributed by atoms with van der Waals surface area (Å²) in [5, 5.41) is 10.5. The average molecular weight is 302 g/mol. The molecule has 2 N–H and O–H groups in total. The normalized spacial score (nSPS) is 20.2. The van der Waals surface area contributed by atoms with Gasteiger partial charge in [0.25, 0.3) is 0 Å². The molecule has 1 unspecified atom stereocenters. The molecule has 0 bridgehead atoms. The molecule has 1 fully saturated rings. The van der Waals surface area contributed by atoms with E-state index in [1.165, 1.54) is 0 Å². The minimum atomic E-state index is 0.246. The fourth-order valence-corrected chi connectivity index (χ4v) is 3.33. The van der Waals surface area contributed by atoms with Gasteiger partial charge in [0, 0.05) is 50.4 Å². The zero-order valence-corrected chi connectivity index (χ0v) is 13.5. The van der Waals surface area contributed by atoms with Crippen LogP contribution in [0.15, 0.2) is 24.4 Å². The van der Waals surface area contributed by atoms with E-state index in [-0.39, 0.29) is 6.61 Å². The lowest BCUT2D eigenvalue weighted by Crippen LogP contribution is -2.54. The van der Waals surface area contributed by atoms with Gasteiger partial charge < -0.3 is 15.0 Å². The molecule has 5 nitrogen and oxygen atoms in total. The van der Waals surface area contributed by atoms with Crippen LogP contribution in [0, 0.1) is 5.92 Å². The van der Waals surface area contributed by atoms with Crippen molar-refractivity contribution in [3.05, 3.63) is 24.4 Å². The van der Waals surface area contributed by atoms with Crippen LogP contribution in [0.5, 0.6) is 0 Å². The molecule has 1 aliphatic rings. The SMILES string of the molecule is CC(C)CN1CCN(c2ccc3cc[nH]c3n2)CC1CCO. The van der Waals surface area contributed by atoms with Gasteiger partial charge in [-0.1, -0.05) is 13.8 Å². The molecule has 0 amide bonds. The second-order valence-corrected chi connectivity index (χ2v) is 6.59. The summed E-state index contributed by atoms with van der Waals surface area (Å²) in [6.07, 6.45) is 2.75. The second-order valence-electron chi connectivity index (χ2n) is 6.59. The number of nitrogens with zero attached hydrogens (tertiary/aromatic N) is 3. The highest BCUT2D eigenvalue weighted by Gasteiger charge is 2.27. The number of aromatic amines is 1. The zero-order chi connectivity index (χ0) is 15.5. The third-order valence-corrected chi connectivity index (χ3v) is 4.39. The number of anilines is 1. The lowest BCUT2D eigenvalue weighted by atomic mass is 10.1. The third-order valence-electron chi connectivity index (χ3n) is 4.39. The van der Waals surface area contributed by atoms with Crippen molar-refractivity contribution in [2.75, 3.05) is 37.7 Å². The first-order valence-electron chi connectivity index (χ1n) is 8.21. The second kappa shape index (κ2) is 6.67. The Bertz CT molecular complexity index is 609. The molecule has 1 saturated heterocycles. The Labute approximate surface area is 131 Å². The van der Waals surface area contributed by atoms with Crippen molar-refractivity contribution in [2.24, 2.45) is 5.92 Å². The van der Waals surface area contributed by atoms with E-state index in [9.17, 15) is 5.11 Å². The number of aromatic nitrogens is 2. The van der Waals surface area contributed by atoms with Crippen molar-refractivity contribution in [2.45, 2.75) is 26.3 Å². The van der Waals surface area contributed by atoms with Gasteiger partial charge in [-0.05, 0) is 30.5 Å². The molecule has 1 atom stereocenters. The summed E-state index contributed by atoms with van der Waals surface area (Å²) in [7, 11) is 0. The Morgan fingerprint density at radius 2 is 2.18 bits per heavy atom. The molecular formula is C17H26N4O. The third kappa shape index (κ3) is 3.25. The number of nitrogens with one attached hydrogen (secondary N) is 1. The quantitative estimate of drug-likeness (QED) is 0.888. The number of fused-ring (bicyclic) bond motifs is 1. The molecule has 5 heteroatoms. The Kier molecular flexibility index (Phi) is 4.64. The van der Waals surface area contributed by atoms with Gasteiger partial charge in [-0.2, -0.15) is 0 Å². The number of H-pyrrole nitrogens is 1. The maximum absolute atomic E-state index is 9.37. The molecule has 2 aromatic heterocycles. The van der Waals surface area contributed by atoms with E-state index in [1.807, 2.05) is 12.3 Å². The van der Waals surface area contributed by atoms with Gasteiger partial charge in [0.2, 0.25) is 0 Å². The summed E-state index contributed by atoms with van der Waals surface area (Å²) in [4.78, 5) is 12.8. The smallest absolute Gasteiger partial charge is 0.139 e. The zero-order valence-electron chi connectivity index (χ0n) is 13.5. The molecule has 0 saturated carbocycles. The molecule has 0 spiro atoms. The lowest BCUT2D eigenvalue weighted by molar-refractivity contribution is 0.128. The topological polar surface area (TPSA) is 55.4 Å². The van der Waals surface area contributed by atoms with E-state index >= 15 is 0 Å². The number of hydrogen-bond donors (Lipinski definition) is 2. The van der Waals surface area contributed by atoms with Crippen molar-refractivity contribution < 1.29 is 5.11 Å². The highest BCUT2D eigenvalue weighted by Crippen LogP contribution is 2.22. The first-order chi connectivity index (χ1) is 10.7. The number of pyridine rings is 1. The highest BCUT2D eigenvalue weighted by atomic mass is 16.3. The van der Waals surface area contributed by atoms with Gasteiger partial charge in [-0.15, -0.1) is 0 Å². The van der Waals surface area contributed by atoms with E-state index in [4.69, 9.17) is 4.98 Å². The van der Waals surface area contributed by atoms with Crippen LogP contribution in [-0.2, 0) is 0 Å². The van der Waals surface area contributed by atoms with Crippen LogP contribution in [0.25, 0.3) is 11.0 Å². The van der Waals surface area contributed by atoms with E-state index in [1.54, 1.807) is 0 Å². The molecular weight excluding hydrogens is 276 g/mol. The fourth-order valence-electron chi connectivity index (χ4n) is 3.33. The lowest BCUT2D eigenvalue weighted by Gasteiger charge is -2.42. The summed E-state index contributed by atoms with van der Waals surface area (Å²) in [5.41, 5.74) is 0.945. The predicted molar refractivity (Wildman–Crippen MR) is 90.2 cm³/mol. The summed E-state index contributed by atoms with van der Waals surface area (Å²) >= 11 is 0. The number of aliphatic hydroxyl groups is 1. The Morgan fingerprint density at radius 1 is 1.32 bits per heavy atom. The van der Waals surface area contributed by atoms with E-state index < -0.39 is 0 Å². The minimum absolute atomic E-state index is 0.246. The molecule has 120 valence electrons. The van der Waals surface area contributed by atoms with Crippen LogP contribution in [0.1, 0.15) is 20.3 Å². The monoisotopic (exact) mass is 302 g/mol. The number of rotatable bonds is 5. The van der Waals surface area contributed by atoms with Crippen LogP contribution in [0.2, 0.25) is 0 Å². The van der Waals surface area contributed by atoms with E-state index in [0.717, 1.165) is 49.5 Å². The van der Waals surface area contributed by atoms with Crippen LogP contribution in [-0.4, -0.2) is 58.8 Å². The standard InChI is InChI=1S/C17H26N4O/c1-13(2)11-20-8-9-21(12-15(20)6-10-22)16-4-3-14-5-7-18-17(14)19-16/h3-5,7,13,15,22H,6,8-12H2,1-2H3,(H,18,19). The summed E-state index contributed by atoms with van der Waals surface area (Å²) in [6, 6.07) is 6.67. The maximum atomic E-state index is 9.37. The molecule has 3 heterocycles. The average Bonchev–Trinajstić information content (AvgIpc) is 2.96. The van der Waals surface area contributed by atoms with Gasteiger partial charge in [0.1, 0.15) is 11.5 Å². The van der Waals surface area contributed by atoms with Gasteiger partial charge in [0.15, 0.2) is 0 Å². The van der Waals surface area contributed by atoms with Gasteiger partial charge >= 0.3 is 0 Å². The number of hydrogen-bond acceptors (Lipinski definition) is 4. The summed E-state index contributed by atoms with van der Waals surface area (Å²) in [5.74, 6) is 1.68. The number of aliphatic hydroxyl groups excluding tert-OH is 1. The van der Waals surface area contributed by atoms with Crippen molar-refractivity contribution in [3.8, 4) is 0 Å². The van der Waals surface area contributed by atoms with Gasteiger partial charge in [-0.3, -0.25) is 4.90 Å². The predicted octanol–water partition coefficient (Wildman–Crippen LogP) is 2.09. The van der Waals surface area contributed by atoms with Crippen LogP contribution in [0.4, 0.5) is 5.82 Å². The van der Waals surface area contributed by atoms with E-state index in [0.29, 0.717) is 12.0 Å². The van der Waals surface area contributed by atoms with Crippen molar-refractivity contribution in [1.29, 1.82) is 0 Å². The number of piperazine rings is 1. The van der Waals surface area contributed by atoms with Crippen LogP contribution < -0.4 is 4.90 Å². The molecule has 1 aliphatic heterocycles. The minimum Gasteiger partial charge on any atom is -0.396 e.